The Kier molecular flexibility index (Phi) is 5.40. The fourth-order valence-corrected chi connectivity index (χ4v) is 3.67. The quantitative estimate of drug-likeness (QED) is 0.841. The molecule has 0 spiro atoms. The molecule has 0 fully saturated rings. The van der Waals surface area contributed by atoms with Gasteiger partial charge in [-0.25, -0.2) is 0 Å². The molecule has 0 saturated heterocycles. The number of fused-ring (bicyclic) bond motifs is 1. The molecule has 1 aliphatic rings. The molecular weight excluding hydrogens is 256 g/mol. The summed E-state index contributed by atoms with van der Waals surface area (Å²) in [6, 6.07) is 2.88. The highest BCUT2D eigenvalue weighted by Crippen LogP contribution is 2.32. The fraction of sp³-hybridized carbons (Fsp3) is 0.667. The Morgan fingerprint density at radius 3 is 3.00 bits per heavy atom. The summed E-state index contributed by atoms with van der Waals surface area (Å²) in [6.45, 7) is 4.65. The number of aryl methyl sites for hydroxylation is 1. The summed E-state index contributed by atoms with van der Waals surface area (Å²) in [6.07, 6.45) is 5.56. The molecule has 0 saturated carbocycles. The molecule has 0 aromatic carbocycles. The number of hydrogen-bond donors (Lipinski definition) is 2. The van der Waals surface area contributed by atoms with E-state index in [1.54, 1.807) is 0 Å². The Balaban J connectivity index is 1.82. The number of carbonyl (C=O) groups excluding carboxylic acids is 1. The molecule has 106 valence electrons. The smallest absolute Gasteiger partial charge is 0.234 e. The van der Waals surface area contributed by atoms with Crippen LogP contribution in [0.3, 0.4) is 0 Å². The molecule has 1 aliphatic carbocycles. The van der Waals surface area contributed by atoms with Crippen molar-refractivity contribution in [3.8, 4) is 0 Å². The van der Waals surface area contributed by atoms with Crippen molar-refractivity contribution in [2.45, 2.75) is 58.0 Å². The minimum atomic E-state index is 0.121. The van der Waals surface area contributed by atoms with Gasteiger partial charge in [-0.05, 0) is 49.1 Å². The second-order valence-electron chi connectivity index (χ2n) is 5.21. The van der Waals surface area contributed by atoms with Crippen LogP contribution in [0.15, 0.2) is 11.4 Å². The predicted octanol–water partition coefficient (Wildman–Crippen LogP) is 3.02. The zero-order chi connectivity index (χ0) is 13.7. The van der Waals surface area contributed by atoms with Gasteiger partial charge < -0.3 is 10.6 Å². The third-order valence-corrected chi connectivity index (χ3v) is 4.91. The third-order valence-electron chi connectivity index (χ3n) is 3.91. The van der Waals surface area contributed by atoms with Crippen LogP contribution in [0.4, 0.5) is 0 Å². The molecule has 1 aromatic heterocycles. The number of carbonyl (C=O) groups is 1. The third kappa shape index (κ3) is 3.80. The van der Waals surface area contributed by atoms with Crippen molar-refractivity contribution < 1.29 is 4.79 Å². The average molecular weight is 280 g/mol. The van der Waals surface area contributed by atoms with Gasteiger partial charge in [0.2, 0.25) is 5.91 Å². The van der Waals surface area contributed by atoms with Crippen LogP contribution in [-0.4, -0.2) is 18.5 Å². The molecule has 0 aliphatic heterocycles. The molecule has 4 heteroatoms. The van der Waals surface area contributed by atoms with Gasteiger partial charge in [0.05, 0.1) is 6.54 Å². The predicted molar refractivity (Wildman–Crippen MR) is 80.5 cm³/mol. The van der Waals surface area contributed by atoms with Crippen LogP contribution in [0.1, 0.15) is 56.0 Å². The summed E-state index contributed by atoms with van der Waals surface area (Å²) < 4.78 is 0. The van der Waals surface area contributed by atoms with Crippen LogP contribution in [0.25, 0.3) is 0 Å². The molecule has 1 unspecified atom stereocenters. The van der Waals surface area contributed by atoms with Crippen molar-refractivity contribution in [2.24, 2.45) is 0 Å². The Morgan fingerprint density at radius 1 is 1.47 bits per heavy atom. The van der Waals surface area contributed by atoms with Gasteiger partial charge in [0.25, 0.3) is 0 Å². The summed E-state index contributed by atoms with van der Waals surface area (Å²) in [5.74, 6) is 0.121. The molecule has 0 bridgehead atoms. The summed E-state index contributed by atoms with van der Waals surface area (Å²) in [4.78, 5) is 13.4. The molecule has 19 heavy (non-hydrogen) atoms. The van der Waals surface area contributed by atoms with Gasteiger partial charge in [-0.15, -0.1) is 11.3 Å². The van der Waals surface area contributed by atoms with Gasteiger partial charge in [0, 0.05) is 17.0 Å². The number of thiophene rings is 1. The first kappa shape index (κ1) is 14.5. The van der Waals surface area contributed by atoms with Crippen molar-refractivity contribution >= 4 is 17.2 Å². The van der Waals surface area contributed by atoms with E-state index in [0.29, 0.717) is 18.6 Å². The van der Waals surface area contributed by atoms with E-state index >= 15 is 0 Å². The molecule has 2 N–H and O–H groups in total. The Morgan fingerprint density at radius 2 is 2.26 bits per heavy atom. The average Bonchev–Trinajstić information content (AvgIpc) is 2.91. The molecule has 0 radical (unpaired) electrons. The zero-order valence-electron chi connectivity index (χ0n) is 11.9. The topological polar surface area (TPSA) is 41.1 Å². The molecular formula is C15H24N2OS. The highest BCUT2D eigenvalue weighted by Gasteiger charge is 2.21. The van der Waals surface area contributed by atoms with Crippen LogP contribution in [-0.2, 0) is 11.2 Å². The fourth-order valence-electron chi connectivity index (χ4n) is 2.69. The van der Waals surface area contributed by atoms with Gasteiger partial charge in [-0.1, -0.05) is 13.8 Å². The van der Waals surface area contributed by atoms with E-state index in [2.05, 4.69) is 35.9 Å². The summed E-state index contributed by atoms with van der Waals surface area (Å²) in [5.41, 5.74) is 1.41. The van der Waals surface area contributed by atoms with Gasteiger partial charge >= 0.3 is 0 Å². The van der Waals surface area contributed by atoms with E-state index in [-0.39, 0.29) is 5.91 Å². The standard InChI is InChI=1S/C15H24N2OS/c1-3-11(4-2)17-15(18)10-16-13-6-5-7-14-12(13)8-9-19-14/h8-9,11,13,16H,3-7,10H2,1-2H3,(H,17,18). The van der Waals surface area contributed by atoms with Crippen LogP contribution in [0, 0.1) is 0 Å². The maximum Gasteiger partial charge on any atom is 0.234 e. The van der Waals surface area contributed by atoms with Crippen molar-refractivity contribution in [3.63, 3.8) is 0 Å². The number of amides is 1. The molecule has 3 nitrogen and oxygen atoms in total. The second kappa shape index (κ2) is 7.06. The van der Waals surface area contributed by atoms with Crippen LogP contribution < -0.4 is 10.6 Å². The van der Waals surface area contributed by atoms with Crippen LogP contribution in [0.5, 0.6) is 0 Å². The number of nitrogens with one attached hydrogen (secondary N) is 2. The van der Waals surface area contributed by atoms with Crippen molar-refractivity contribution in [3.05, 3.63) is 21.9 Å². The molecule has 1 heterocycles. The van der Waals surface area contributed by atoms with Gasteiger partial charge in [-0.3, -0.25) is 4.79 Å². The minimum Gasteiger partial charge on any atom is -0.352 e. The van der Waals surface area contributed by atoms with Crippen LogP contribution >= 0.6 is 11.3 Å². The SMILES string of the molecule is CCC(CC)NC(=O)CNC1CCCc2sccc21. The second-order valence-corrected chi connectivity index (χ2v) is 6.21. The zero-order valence-corrected chi connectivity index (χ0v) is 12.7. The molecule has 1 aromatic rings. The van der Waals surface area contributed by atoms with E-state index in [4.69, 9.17) is 0 Å². The number of hydrogen-bond acceptors (Lipinski definition) is 3. The van der Waals surface area contributed by atoms with Crippen molar-refractivity contribution in [1.29, 1.82) is 0 Å². The lowest BCUT2D eigenvalue weighted by molar-refractivity contribution is -0.121. The van der Waals surface area contributed by atoms with E-state index in [1.165, 1.54) is 23.3 Å². The van der Waals surface area contributed by atoms with Gasteiger partial charge in [0.1, 0.15) is 0 Å². The first-order valence-electron chi connectivity index (χ1n) is 7.33. The van der Waals surface area contributed by atoms with E-state index in [9.17, 15) is 4.79 Å². The highest BCUT2D eigenvalue weighted by atomic mass is 32.1. The minimum absolute atomic E-state index is 0.121. The Hall–Kier alpha value is -0.870. The summed E-state index contributed by atoms with van der Waals surface area (Å²) >= 11 is 1.84. The first-order chi connectivity index (χ1) is 9.24. The number of rotatable bonds is 6. The first-order valence-corrected chi connectivity index (χ1v) is 8.21. The normalized spacial score (nSPS) is 18.4. The summed E-state index contributed by atoms with van der Waals surface area (Å²) in [5, 5.41) is 8.65. The Bertz CT molecular complexity index is 412. The van der Waals surface area contributed by atoms with E-state index < -0.39 is 0 Å². The van der Waals surface area contributed by atoms with Gasteiger partial charge in [-0.2, -0.15) is 0 Å². The lowest BCUT2D eigenvalue weighted by Gasteiger charge is -2.24. The summed E-state index contributed by atoms with van der Waals surface area (Å²) in [7, 11) is 0. The molecule has 1 amide bonds. The highest BCUT2D eigenvalue weighted by molar-refractivity contribution is 7.10. The van der Waals surface area contributed by atoms with Crippen molar-refractivity contribution in [2.75, 3.05) is 6.54 Å². The maximum absolute atomic E-state index is 11.9. The molecule has 1 atom stereocenters. The lowest BCUT2D eigenvalue weighted by atomic mass is 9.94. The van der Waals surface area contributed by atoms with Gasteiger partial charge in [0.15, 0.2) is 0 Å². The lowest BCUT2D eigenvalue weighted by Crippen LogP contribution is -2.41. The Labute approximate surface area is 119 Å². The van der Waals surface area contributed by atoms with E-state index in [0.717, 1.165) is 19.3 Å². The largest absolute Gasteiger partial charge is 0.352 e. The van der Waals surface area contributed by atoms with Crippen LogP contribution in [0.2, 0.25) is 0 Å². The maximum atomic E-state index is 11.9. The monoisotopic (exact) mass is 280 g/mol. The molecule has 2 rings (SSSR count). The van der Waals surface area contributed by atoms with Crippen molar-refractivity contribution in [1.82, 2.24) is 10.6 Å². The van der Waals surface area contributed by atoms with E-state index in [1.807, 2.05) is 11.3 Å².